The van der Waals surface area contributed by atoms with Gasteiger partial charge in [-0.2, -0.15) is 0 Å². The van der Waals surface area contributed by atoms with Crippen LogP contribution in [0.5, 0.6) is 5.75 Å². The number of hydrogen-bond acceptors (Lipinski definition) is 2. The molecule has 1 unspecified atom stereocenters. The van der Waals surface area contributed by atoms with Gasteiger partial charge in [-0.25, -0.2) is 5.73 Å². The van der Waals surface area contributed by atoms with Crippen LogP contribution in [0.4, 0.5) is 13.2 Å². The summed E-state index contributed by atoms with van der Waals surface area (Å²) in [6.45, 7) is 2.61. The Hall–Kier alpha value is -2.84. The van der Waals surface area contributed by atoms with Gasteiger partial charge in [0.25, 0.3) is 5.91 Å². The fourth-order valence-electron chi connectivity index (χ4n) is 3.78. The van der Waals surface area contributed by atoms with Gasteiger partial charge < -0.3 is 10.1 Å². The number of alkyl halides is 3. The molecule has 0 saturated heterocycles. The molecular formula is C28H29BrF3N2O2. The first-order valence-corrected chi connectivity index (χ1v) is 12.6. The van der Waals surface area contributed by atoms with Crippen molar-refractivity contribution in [3.8, 4) is 5.75 Å². The summed E-state index contributed by atoms with van der Waals surface area (Å²) < 4.78 is 41.5. The van der Waals surface area contributed by atoms with E-state index in [1.54, 1.807) is 18.2 Å². The van der Waals surface area contributed by atoms with Crippen LogP contribution in [-0.2, 0) is 19.4 Å². The molecule has 3 aromatic carbocycles. The van der Waals surface area contributed by atoms with Crippen molar-refractivity contribution in [2.45, 2.75) is 58.0 Å². The van der Waals surface area contributed by atoms with Crippen molar-refractivity contribution in [3.63, 3.8) is 0 Å². The third-order valence-corrected chi connectivity index (χ3v) is 6.54. The molecule has 0 spiro atoms. The zero-order valence-electron chi connectivity index (χ0n) is 20.0. The molecule has 1 atom stereocenters. The number of ether oxygens (including phenoxy) is 1. The fraction of sp³-hybridized carbons (Fsp3) is 0.321. The van der Waals surface area contributed by atoms with E-state index < -0.39 is 12.4 Å². The van der Waals surface area contributed by atoms with E-state index in [9.17, 15) is 18.0 Å². The van der Waals surface area contributed by atoms with E-state index >= 15 is 0 Å². The second-order valence-corrected chi connectivity index (χ2v) is 9.49. The second kappa shape index (κ2) is 12.9. The summed E-state index contributed by atoms with van der Waals surface area (Å²) in [5, 5.41) is 2.93. The molecular weight excluding hydrogens is 533 g/mol. The normalized spacial score (nSPS) is 12.3. The molecule has 1 amide bonds. The number of aryl methyl sites for hydroxylation is 1. The van der Waals surface area contributed by atoms with Crippen LogP contribution in [0.25, 0.3) is 0 Å². The van der Waals surface area contributed by atoms with Crippen LogP contribution in [0.1, 0.15) is 64.8 Å². The highest BCUT2D eigenvalue weighted by atomic mass is 79.9. The smallest absolute Gasteiger partial charge is 0.406 e. The minimum Gasteiger partial charge on any atom is -0.406 e. The minimum absolute atomic E-state index is 0.197. The van der Waals surface area contributed by atoms with Crippen molar-refractivity contribution >= 4 is 21.8 Å². The van der Waals surface area contributed by atoms with Crippen molar-refractivity contribution in [3.05, 3.63) is 99.0 Å². The SMILES string of the molecule is CCCCCc1ccc(CNC(=O)c2ccc(CC([NH])c3ccc(OC(F)(F)F)cc3)c(Br)c2)cc1. The number of hydrogen-bond donors (Lipinski definition) is 1. The summed E-state index contributed by atoms with van der Waals surface area (Å²) in [6, 6.07) is 18.1. The fourth-order valence-corrected chi connectivity index (χ4v) is 4.32. The number of amides is 1. The van der Waals surface area contributed by atoms with Gasteiger partial charge in [0.1, 0.15) is 5.75 Å². The van der Waals surface area contributed by atoms with Crippen molar-refractivity contribution in [1.29, 1.82) is 0 Å². The molecule has 8 heteroatoms. The van der Waals surface area contributed by atoms with Crippen LogP contribution < -0.4 is 15.8 Å². The molecule has 0 aliphatic rings. The number of carbonyl (C=O) groups excluding carboxylic acids is 1. The Balaban J connectivity index is 1.54. The monoisotopic (exact) mass is 561 g/mol. The molecule has 1 radical (unpaired) electrons. The Morgan fingerprint density at radius 1 is 1.00 bits per heavy atom. The lowest BCUT2D eigenvalue weighted by Crippen LogP contribution is -2.22. The lowest BCUT2D eigenvalue weighted by atomic mass is 9.98. The Morgan fingerprint density at radius 2 is 1.67 bits per heavy atom. The Bertz CT molecular complexity index is 1130. The first-order valence-electron chi connectivity index (χ1n) is 11.9. The van der Waals surface area contributed by atoms with Gasteiger partial charge >= 0.3 is 6.36 Å². The molecule has 0 bridgehead atoms. The first-order chi connectivity index (χ1) is 17.1. The van der Waals surface area contributed by atoms with Gasteiger partial charge in [0.15, 0.2) is 0 Å². The number of halogens is 4. The molecule has 0 saturated carbocycles. The van der Waals surface area contributed by atoms with Crippen molar-refractivity contribution < 1.29 is 22.7 Å². The van der Waals surface area contributed by atoms with Gasteiger partial charge in [0.2, 0.25) is 0 Å². The summed E-state index contributed by atoms with van der Waals surface area (Å²) >= 11 is 3.48. The molecule has 2 N–H and O–H groups in total. The van der Waals surface area contributed by atoms with Crippen LogP contribution in [-0.4, -0.2) is 12.3 Å². The zero-order valence-corrected chi connectivity index (χ0v) is 21.6. The highest BCUT2D eigenvalue weighted by Gasteiger charge is 2.31. The third kappa shape index (κ3) is 8.68. The third-order valence-electron chi connectivity index (χ3n) is 5.80. The molecule has 3 aromatic rings. The molecule has 0 aliphatic heterocycles. The van der Waals surface area contributed by atoms with Gasteiger partial charge in [-0.1, -0.05) is 78.2 Å². The Labute approximate surface area is 218 Å². The topological polar surface area (TPSA) is 62.1 Å². The molecule has 36 heavy (non-hydrogen) atoms. The zero-order chi connectivity index (χ0) is 26.1. The lowest BCUT2D eigenvalue weighted by molar-refractivity contribution is -0.274. The second-order valence-electron chi connectivity index (χ2n) is 8.64. The van der Waals surface area contributed by atoms with E-state index in [-0.39, 0.29) is 11.7 Å². The van der Waals surface area contributed by atoms with Gasteiger partial charge in [-0.05, 0) is 65.8 Å². The van der Waals surface area contributed by atoms with Crippen LogP contribution in [0.15, 0.2) is 71.2 Å². The maximum Gasteiger partial charge on any atom is 0.573 e. The van der Waals surface area contributed by atoms with E-state index in [0.717, 1.165) is 17.5 Å². The summed E-state index contributed by atoms with van der Waals surface area (Å²) in [4.78, 5) is 12.6. The average molecular weight is 562 g/mol. The predicted octanol–water partition coefficient (Wildman–Crippen LogP) is 7.58. The number of unbranched alkanes of at least 4 members (excludes halogenated alkanes) is 2. The molecule has 0 fully saturated rings. The largest absolute Gasteiger partial charge is 0.573 e. The standard InChI is InChI=1S/C28H29BrF3N2O2/c1-2-3-4-5-19-6-8-20(9-7-19)18-34-27(35)23-11-10-22(25(29)16-23)17-26(33)21-12-14-24(15-13-21)36-28(30,31)32/h6-16,26,33H,2-5,17-18H2,1H3,(H,34,35). The van der Waals surface area contributed by atoms with Gasteiger partial charge in [0.05, 0.1) is 6.04 Å². The molecule has 3 rings (SSSR count). The van der Waals surface area contributed by atoms with Crippen molar-refractivity contribution in [2.75, 3.05) is 0 Å². The number of rotatable bonds is 11. The van der Waals surface area contributed by atoms with E-state index in [4.69, 9.17) is 5.73 Å². The number of nitrogens with one attached hydrogen (secondary N) is 2. The van der Waals surface area contributed by atoms with Crippen LogP contribution in [0, 0.1) is 0 Å². The van der Waals surface area contributed by atoms with Gasteiger partial charge in [0, 0.05) is 16.6 Å². The van der Waals surface area contributed by atoms with Crippen molar-refractivity contribution in [2.24, 2.45) is 0 Å². The number of benzene rings is 3. The molecule has 0 aromatic heterocycles. The maximum atomic E-state index is 12.6. The van der Waals surface area contributed by atoms with E-state index in [0.29, 0.717) is 28.6 Å². The highest BCUT2D eigenvalue weighted by molar-refractivity contribution is 9.10. The lowest BCUT2D eigenvalue weighted by Gasteiger charge is -2.15. The summed E-state index contributed by atoms with van der Waals surface area (Å²) in [6.07, 6.45) is 0.247. The summed E-state index contributed by atoms with van der Waals surface area (Å²) in [7, 11) is 0. The molecule has 0 aliphatic carbocycles. The molecule has 0 heterocycles. The van der Waals surface area contributed by atoms with Gasteiger partial charge in [-0.15, -0.1) is 13.2 Å². The maximum absolute atomic E-state index is 12.6. The van der Waals surface area contributed by atoms with Crippen LogP contribution >= 0.6 is 15.9 Å². The molecule has 191 valence electrons. The van der Waals surface area contributed by atoms with E-state index in [1.165, 1.54) is 49.1 Å². The van der Waals surface area contributed by atoms with E-state index in [2.05, 4.69) is 45.0 Å². The minimum atomic E-state index is -4.75. The number of carbonyl (C=O) groups is 1. The summed E-state index contributed by atoms with van der Waals surface area (Å²) in [5.41, 5.74) is 12.6. The van der Waals surface area contributed by atoms with Crippen molar-refractivity contribution in [1.82, 2.24) is 11.1 Å². The Morgan fingerprint density at radius 3 is 2.28 bits per heavy atom. The van der Waals surface area contributed by atoms with Crippen LogP contribution in [0.3, 0.4) is 0 Å². The van der Waals surface area contributed by atoms with Gasteiger partial charge in [-0.3, -0.25) is 4.79 Å². The first kappa shape index (κ1) is 27.7. The van der Waals surface area contributed by atoms with E-state index in [1.807, 2.05) is 12.1 Å². The quantitative estimate of drug-likeness (QED) is 0.245. The predicted molar refractivity (Wildman–Crippen MR) is 138 cm³/mol. The van der Waals surface area contributed by atoms with Crippen LogP contribution in [0.2, 0.25) is 0 Å². The molecule has 4 nitrogen and oxygen atoms in total. The highest BCUT2D eigenvalue weighted by Crippen LogP contribution is 2.28. The summed E-state index contributed by atoms with van der Waals surface area (Å²) in [5.74, 6) is -0.519. The Kier molecular flexibility index (Phi) is 9.96. The average Bonchev–Trinajstić information content (AvgIpc) is 2.84.